The van der Waals surface area contributed by atoms with Crippen molar-refractivity contribution in [2.45, 2.75) is 51.3 Å². The molecule has 1 aromatic rings. The highest BCUT2D eigenvalue weighted by atomic mass is 16.3. The molecule has 0 radical (unpaired) electrons. The summed E-state index contributed by atoms with van der Waals surface area (Å²) in [5.74, 6) is 0.852. The van der Waals surface area contributed by atoms with Gasteiger partial charge in [0, 0.05) is 39.4 Å². The van der Waals surface area contributed by atoms with Crippen molar-refractivity contribution in [1.82, 2.24) is 15.2 Å². The van der Waals surface area contributed by atoms with Crippen molar-refractivity contribution in [1.29, 1.82) is 0 Å². The van der Waals surface area contributed by atoms with Gasteiger partial charge in [-0.25, -0.2) is 4.98 Å². The molecule has 1 saturated heterocycles. The first kappa shape index (κ1) is 18.7. The first-order valence-corrected chi connectivity index (χ1v) is 8.66. The summed E-state index contributed by atoms with van der Waals surface area (Å²) in [6.45, 7) is 6.47. The smallest absolute Gasteiger partial charge is 0.222 e. The van der Waals surface area contributed by atoms with Crippen LogP contribution in [0.3, 0.4) is 0 Å². The van der Waals surface area contributed by atoms with Crippen molar-refractivity contribution in [3.63, 3.8) is 0 Å². The molecule has 6 nitrogen and oxygen atoms in total. The molecule has 0 aliphatic carbocycles. The third-order valence-electron chi connectivity index (χ3n) is 4.75. The number of aliphatic hydroxyl groups is 1. The Morgan fingerprint density at radius 1 is 1.50 bits per heavy atom. The molecule has 1 atom stereocenters. The molecule has 1 fully saturated rings. The second kappa shape index (κ2) is 7.94. The number of piperidine rings is 1. The Balaban J connectivity index is 1.96. The molecular weight excluding hydrogens is 304 g/mol. The van der Waals surface area contributed by atoms with Gasteiger partial charge in [0.1, 0.15) is 5.82 Å². The first-order valence-electron chi connectivity index (χ1n) is 8.66. The minimum absolute atomic E-state index is 0.109. The molecular formula is C18H30N4O2. The first-order chi connectivity index (χ1) is 11.3. The van der Waals surface area contributed by atoms with E-state index in [9.17, 15) is 9.90 Å². The van der Waals surface area contributed by atoms with E-state index in [2.05, 4.69) is 40.0 Å². The zero-order valence-corrected chi connectivity index (χ0v) is 15.2. The summed E-state index contributed by atoms with van der Waals surface area (Å²) in [7, 11) is 3.64. The summed E-state index contributed by atoms with van der Waals surface area (Å²) in [5.41, 5.74) is 0.198. The Labute approximate surface area is 144 Å². The highest BCUT2D eigenvalue weighted by Crippen LogP contribution is 2.25. The van der Waals surface area contributed by atoms with Crippen molar-refractivity contribution in [3.8, 4) is 0 Å². The van der Waals surface area contributed by atoms with Gasteiger partial charge >= 0.3 is 0 Å². The quantitative estimate of drug-likeness (QED) is 0.823. The summed E-state index contributed by atoms with van der Waals surface area (Å²) in [6.07, 6.45) is 3.64. The molecule has 2 rings (SSSR count). The molecule has 0 spiro atoms. The van der Waals surface area contributed by atoms with Crippen LogP contribution in [0.4, 0.5) is 5.82 Å². The van der Waals surface area contributed by atoms with Crippen molar-refractivity contribution in [2.24, 2.45) is 0 Å². The second-order valence-corrected chi connectivity index (χ2v) is 7.12. The Bertz CT molecular complexity index is 546. The number of likely N-dealkylation sites (tertiary alicyclic amines) is 1. The fourth-order valence-electron chi connectivity index (χ4n) is 3.11. The van der Waals surface area contributed by atoms with Crippen molar-refractivity contribution < 1.29 is 9.90 Å². The number of carbonyl (C=O) groups excluding carboxylic acids is 1. The second-order valence-electron chi connectivity index (χ2n) is 7.12. The van der Waals surface area contributed by atoms with E-state index in [-0.39, 0.29) is 12.3 Å². The molecule has 24 heavy (non-hydrogen) atoms. The Morgan fingerprint density at radius 3 is 2.83 bits per heavy atom. The van der Waals surface area contributed by atoms with Crippen molar-refractivity contribution in [2.75, 3.05) is 32.1 Å². The van der Waals surface area contributed by atoms with Crippen LogP contribution >= 0.6 is 0 Å². The largest absolute Gasteiger partial charge is 0.388 e. The lowest BCUT2D eigenvalue weighted by atomic mass is 9.89. The monoisotopic (exact) mass is 334 g/mol. The normalized spacial score (nSPS) is 21.8. The van der Waals surface area contributed by atoms with Crippen LogP contribution in [0.25, 0.3) is 0 Å². The molecule has 1 unspecified atom stereocenters. The number of β-amino-alcohol motifs (C(OH)–C–C–N with tert-alkyl or cyclic N) is 1. The van der Waals surface area contributed by atoms with E-state index >= 15 is 0 Å². The number of rotatable bonds is 6. The third-order valence-corrected chi connectivity index (χ3v) is 4.75. The van der Waals surface area contributed by atoms with Crippen LogP contribution in [-0.2, 0) is 11.3 Å². The van der Waals surface area contributed by atoms with Gasteiger partial charge in [-0.1, -0.05) is 6.07 Å². The highest BCUT2D eigenvalue weighted by Gasteiger charge is 2.35. The Morgan fingerprint density at radius 2 is 2.25 bits per heavy atom. The average Bonchev–Trinajstić information content (AvgIpc) is 2.54. The summed E-state index contributed by atoms with van der Waals surface area (Å²) in [4.78, 5) is 20.5. The van der Waals surface area contributed by atoms with Crippen LogP contribution < -0.4 is 10.2 Å². The van der Waals surface area contributed by atoms with Crippen molar-refractivity contribution in [3.05, 3.63) is 23.9 Å². The standard InChI is InChI=1S/C18H30N4O2/c1-14(2)21(4)16-7-6-15(11-20-16)12-22-9-5-8-18(24,13-22)10-17(23)19-3/h6-7,11,14,24H,5,8-10,12-13H2,1-4H3,(H,19,23). The van der Waals surface area contributed by atoms with Gasteiger partial charge in [-0.05, 0) is 44.9 Å². The van der Waals surface area contributed by atoms with E-state index in [1.807, 2.05) is 19.3 Å². The summed E-state index contributed by atoms with van der Waals surface area (Å²) in [5, 5.41) is 13.3. The minimum Gasteiger partial charge on any atom is -0.388 e. The zero-order valence-electron chi connectivity index (χ0n) is 15.2. The lowest BCUT2D eigenvalue weighted by Crippen LogP contribution is -2.49. The fourth-order valence-corrected chi connectivity index (χ4v) is 3.11. The Kier molecular flexibility index (Phi) is 6.18. The van der Waals surface area contributed by atoms with E-state index in [0.29, 0.717) is 19.0 Å². The van der Waals surface area contributed by atoms with Gasteiger partial charge in [0.25, 0.3) is 0 Å². The van der Waals surface area contributed by atoms with E-state index in [0.717, 1.165) is 30.9 Å². The predicted octanol–water partition coefficient (Wildman–Crippen LogP) is 1.39. The van der Waals surface area contributed by atoms with Crippen LogP contribution in [0, 0.1) is 0 Å². The molecule has 134 valence electrons. The molecule has 0 bridgehead atoms. The maximum atomic E-state index is 11.6. The summed E-state index contributed by atoms with van der Waals surface area (Å²) < 4.78 is 0. The number of anilines is 1. The zero-order chi connectivity index (χ0) is 17.7. The number of pyridine rings is 1. The van der Waals surface area contributed by atoms with E-state index < -0.39 is 5.60 Å². The average molecular weight is 334 g/mol. The maximum Gasteiger partial charge on any atom is 0.222 e. The molecule has 1 aromatic heterocycles. The minimum atomic E-state index is -0.927. The third kappa shape index (κ3) is 4.92. The molecule has 0 saturated carbocycles. The SMILES string of the molecule is CNC(=O)CC1(O)CCCN(Cc2ccc(N(C)C(C)C)nc2)C1. The number of carbonyl (C=O) groups is 1. The molecule has 2 N–H and O–H groups in total. The van der Waals surface area contributed by atoms with Gasteiger partial charge in [0.15, 0.2) is 0 Å². The number of aromatic nitrogens is 1. The van der Waals surface area contributed by atoms with Gasteiger partial charge in [0.05, 0.1) is 12.0 Å². The van der Waals surface area contributed by atoms with Crippen LogP contribution in [0.2, 0.25) is 0 Å². The fraction of sp³-hybridized carbons (Fsp3) is 0.667. The highest BCUT2D eigenvalue weighted by molar-refractivity contribution is 5.76. The molecule has 6 heteroatoms. The molecule has 0 aromatic carbocycles. The molecule has 1 aliphatic heterocycles. The predicted molar refractivity (Wildman–Crippen MR) is 95.9 cm³/mol. The van der Waals surface area contributed by atoms with Gasteiger partial charge in [-0.2, -0.15) is 0 Å². The number of nitrogens with one attached hydrogen (secondary N) is 1. The number of nitrogens with zero attached hydrogens (tertiary/aromatic N) is 3. The van der Waals surface area contributed by atoms with Crippen molar-refractivity contribution >= 4 is 11.7 Å². The Hall–Kier alpha value is -1.66. The summed E-state index contributed by atoms with van der Waals surface area (Å²) >= 11 is 0. The molecule has 1 aliphatic rings. The van der Waals surface area contributed by atoms with E-state index in [1.165, 1.54) is 0 Å². The van der Waals surface area contributed by atoms with E-state index in [4.69, 9.17) is 0 Å². The number of hydrogen-bond donors (Lipinski definition) is 2. The van der Waals surface area contributed by atoms with E-state index in [1.54, 1.807) is 7.05 Å². The van der Waals surface area contributed by atoms with Crippen LogP contribution in [-0.4, -0.2) is 59.7 Å². The van der Waals surface area contributed by atoms with Gasteiger partial charge in [-0.3, -0.25) is 9.69 Å². The van der Waals surface area contributed by atoms with Gasteiger partial charge < -0.3 is 15.3 Å². The lowest BCUT2D eigenvalue weighted by Gasteiger charge is -2.38. The molecule has 2 heterocycles. The maximum absolute atomic E-state index is 11.6. The van der Waals surface area contributed by atoms with Crippen LogP contribution in [0.15, 0.2) is 18.3 Å². The van der Waals surface area contributed by atoms with Crippen LogP contribution in [0.1, 0.15) is 38.7 Å². The topological polar surface area (TPSA) is 68.7 Å². The van der Waals surface area contributed by atoms with Gasteiger partial charge in [-0.15, -0.1) is 0 Å². The van der Waals surface area contributed by atoms with Gasteiger partial charge in [0.2, 0.25) is 5.91 Å². The lowest BCUT2D eigenvalue weighted by molar-refractivity contribution is -0.128. The summed E-state index contributed by atoms with van der Waals surface area (Å²) in [6, 6.07) is 4.54. The molecule has 1 amide bonds. The van der Waals surface area contributed by atoms with Crippen LogP contribution in [0.5, 0.6) is 0 Å². The number of hydrogen-bond acceptors (Lipinski definition) is 5. The number of amides is 1.